The Morgan fingerprint density at radius 1 is 1.20 bits per heavy atom. The lowest BCUT2D eigenvalue weighted by molar-refractivity contribution is -0.136. The van der Waals surface area contributed by atoms with Crippen LogP contribution in [0.25, 0.3) is 0 Å². The van der Waals surface area contributed by atoms with E-state index in [1.54, 1.807) is 19.2 Å². The highest BCUT2D eigenvalue weighted by Gasteiger charge is 2.35. The van der Waals surface area contributed by atoms with Gasteiger partial charge in [-0.2, -0.15) is 5.10 Å². The molecule has 5 heteroatoms. The van der Waals surface area contributed by atoms with E-state index in [2.05, 4.69) is 5.10 Å². The van der Waals surface area contributed by atoms with Gasteiger partial charge in [0.15, 0.2) is 0 Å². The molecule has 3 rings (SSSR count). The standard InChI is InChI=1S/C20H22N2O3/c1-13(2)20(24)22-18(16-6-4-5-7-19(16)23)12-17(21-22)14-8-10-15(25-3)11-9-14/h4-11,13,18,23H,12H2,1-3H3/t18-/m1/s1. The number of hydrazone groups is 1. The molecule has 130 valence electrons. The van der Waals surface area contributed by atoms with Gasteiger partial charge in [-0.15, -0.1) is 0 Å². The first-order valence-corrected chi connectivity index (χ1v) is 8.34. The Morgan fingerprint density at radius 2 is 1.88 bits per heavy atom. The highest BCUT2D eigenvalue weighted by Crippen LogP contribution is 2.37. The van der Waals surface area contributed by atoms with E-state index in [1.807, 2.05) is 50.2 Å². The number of methoxy groups -OCH3 is 1. The van der Waals surface area contributed by atoms with Gasteiger partial charge in [-0.3, -0.25) is 4.79 Å². The molecule has 1 aliphatic heterocycles. The molecule has 2 aromatic rings. The minimum atomic E-state index is -0.298. The molecule has 1 heterocycles. The number of ether oxygens (including phenoxy) is 1. The largest absolute Gasteiger partial charge is 0.508 e. The summed E-state index contributed by atoms with van der Waals surface area (Å²) in [6.45, 7) is 3.70. The molecule has 25 heavy (non-hydrogen) atoms. The molecule has 1 N–H and O–H groups in total. The molecule has 0 bridgehead atoms. The third kappa shape index (κ3) is 3.36. The van der Waals surface area contributed by atoms with Crippen molar-refractivity contribution in [1.29, 1.82) is 0 Å². The van der Waals surface area contributed by atoms with Gasteiger partial charge >= 0.3 is 0 Å². The second-order valence-corrected chi connectivity index (χ2v) is 6.39. The lowest BCUT2D eigenvalue weighted by Crippen LogP contribution is -2.30. The van der Waals surface area contributed by atoms with E-state index >= 15 is 0 Å². The zero-order valence-electron chi connectivity index (χ0n) is 14.6. The van der Waals surface area contributed by atoms with Crippen LogP contribution < -0.4 is 4.74 Å². The molecule has 0 radical (unpaired) electrons. The molecular weight excluding hydrogens is 316 g/mol. The average Bonchev–Trinajstić information content (AvgIpc) is 3.06. The summed E-state index contributed by atoms with van der Waals surface area (Å²) in [6.07, 6.45) is 0.558. The fourth-order valence-electron chi connectivity index (χ4n) is 2.95. The number of para-hydroxylation sites is 1. The Labute approximate surface area is 147 Å². The van der Waals surface area contributed by atoms with Gasteiger partial charge in [0.2, 0.25) is 5.91 Å². The summed E-state index contributed by atoms with van der Waals surface area (Å²) in [5.41, 5.74) is 2.48. The van der Waals surface area contributed by atoms with E-state index < -0.39 is 0 Å². The molecule has 1 atom stereocenters. The third-order valence-electron chi connectivity index (χ3n) is 4.35. The summed E-state index contributed by atoms with van der Waals surface area (Å²) >= 11 is 0. The van der Waals surface area contributed by atoms with Crippen molar-refractivity contribution in [3.05, 3.63) is 59.7 Å². The summed E-state index contributed by atoms with van der Waals surface area (Å²) in [7, 11) is 1.62. The quantitative estimate of drug-likeness (QED) is 0.924. The lowest BCUT2D eigenvalue weighted by atomic mass is 9.97. The number of carbonyl (C=O) groups is 1. The second kappa shape index (κ2) is 6.97. The smallest absolute Gasteiger partial charge is 0.245 e. The minimum Gasteiger partial charge on any atom is -0.508 e. The van der Waals surface area contributed by atoms with Crippen molar-refractivity contribution in [1.82, 2.24) is 5.01 Å². The number of nitrogens with zero attached hydrogens (tertiary/aromatic N) is 2. The van der Waals surface area contributed by atoms with Crippen LogP contribution in [0.5, 0.6) is 11.5 Å². The van der Waals surface area contributed by atoms with Crippen molar-refractivity contribution >= 4 is 11.6 Å². The minimum absolute atomic E-state index is 0.0586. The lowest BCUT2D eigenvalue weighted by Gasteiger charge is -2.24. The summed E-state index contributed by atoms with van der Waals surface area (Å²) in [5.74, 6) is 0.721. The molecule has 0 fully saturated rings. The van der Waals surface area contributed by atoms with Gasteiger partial charge < -0.3 is 9.84 Å². The van der Waals surface area contributed by atoms with E-state index in [1.165, 1.54) is 5.01 Å². The summed E-state index contributed by atoms with van der Waals surface area (Å²) in [4.78, 5) is 12.6. The van der Waals surface area contributed by atoms with Gasteiger partial charge in [-0.25, -0.2) is 5.01 Å². The van der Waals surface area contributed by atoms with Gasteiger partial charge in [0.05, 0.1) is 18.9 Å². The molecule has 1 aliphatic rings. The van der Waals surface area contributed by atoms with Crippen LogP contribution in [0, 0.1) is 5.92 Å². The zero-order valence-corrected chi connectivity index (χ0v) is 14.6. The maximum Gasteiger partial charge on any atom is 0.245 e. The maximum atomic E-state index is 12.6. The molecule has 0 saturated carbocycles. The van der Waals surface area contributed by atoms with E-state index in [9.17, 15) is 9.90 Å². The van der Waals surface area contributed by atoms with Gasteiger partial charge in [0, 0.05) is 17.9 Å². The monoisotopic (exact) mass is 338 g/mol. The Kier molecular flexibility index (Phi) is 4.74. The first-order chi connectivity index (χ1) is 12.0. The normalized spacial score (nSPS) is 16.9. The molecule has 0 spiro atoms. The molecule has 5 nitrogen and oxygen atoms in total. The van der Waals surface area contributed by atoms with E-state index in [4.69, 9.17) is 4.74 Å². The van der Waals surface area contributed by atoms with Crippen LogP contribution in [0.2, 0.25) is 0 Å². The second-order valence-electron chi connectivity index (χ2n) is 6.39. The third-order valence-corrected chi connectivity index (χ3v) is 4.35. The Hall–Kier alpha value is -2.82. The van der Waals surface area contributed by atoms with Crippen molar-refractivity contribution in [3.63, 3.8) is 0 Å². The predicted molar refractivity (Wildman–Crippen MR) is 96.7 cm³/mol. The highest BCUT2D eigenvalue weighted by atomic mass is 16.5. The van der Waals surface area contributed by atoms with Crippen LogP contribution in [-0.2, 0) is 4.79 Å². The molecule has 0 aromatic heterocycles. The van der Waals surface area contributed by atoms with E-state index in [0.717, 1.165) is 17.0 Å². The number of rotatable bonds is 4. The van der Waals surface area contributed by atoms with Gasteiger partial charge in [-0.05, 0) is 35.9 Å². The number of phenolic OH excluding ortho intramolecular Hbond substituents is 1. The molecule has 0 saturated heterocycles. The van der Waals surface area contributed by atoms with Crippen LogP contribution >= 0.6 is 0 Å². The Morgan fingerprint density at radius 3 is 2.48 bits per heavy atom. The first kappa shape index (κ1) is 17.0. The molecule has 1 amide bonds. The summed E-state index contributed by atoms with van der Waals surface area (Å²) in [5, 5.41) is 16.3. The van der Waals surface area contributed by atoms with Crippen molar-refractivity contribution < 1.29 is 14.6 Å². The Balaban J connectivity index is 1.97. The van der Waals surface area contributed by atoms with Gasteiger partial charge in [0.1, 0.15) is 11.5 Å². The summed E-state index contributed by atoms with van der Waals surface area (Å²) < 4.78 is 5.19. The zero-order chi connectivity index (χ0) is 18.0. The van der Waals surface area contributed by atoms with Crippen molar-refractivity contribution in [2.75, 3.05) is 7.11 Å². The van der Waals surface area contributed by atoms with Gasteiger partial charge in [0.25, 0.3) is 0 Å². The number of benzene rings is 2. The van der Waals surface area contributed by atoms with Crippen molar-refractivity contribution in [2.45, 2.75) is 26.3 Å². The van der Waals surface area contributed by atoms with Gasteiger partial charge in [-0.1, -0.05) is 32.0 Å². The fraction of sp³-hybridized carbons (Fsp3) is 0.300. The number of carbonyl (C=O) groups excluding carboxylic acids is 1. The molecule has 0 unspecified atom stereocenters. The Bertz CT molecular complexity index is 797. The average molecular weight is 338 g/mol. The highest BCUT2D eigenvalue weighted by molar-refractivity contribution is 6.03. The summed E-state index contributed by atoms with van der Waals surface area (Å²) in [6, 6.07) is 14.4. The maximum absolute atomic E-state index is 12.6. The number of amides is 1. The number of hydrogen-bond acceptors (Lipinski definition) is 4. The molecular formula is C20H22N2O3. The van der Waals surface area contributed by atoms with Crippen molar-refractivity contribution in [2.24, 2.45) is 11.0 Å². The van der Waals surface area contributed by atoms with Crippen LogP contribution in [0.3, 0.4) is 0 Å². The van der Waals surface area contributed by atoms with E-state index in [-0.39, 0.29) is 23.6 Å². The predicted octanol–water partition coefficient (Wildman–Crippen LogP) is 3.73. The number of aromatic hydroxyl groups is 1. The topological polar surface area (TPSA) is 62.1 Å². The number of phenols is 1. The van der Waals surface area contributed by atoms with Crippen molar-refractivity contribution in [3.8, 4) is 11.5 Å². The van der Waals surface area contributed by atoms with Crippen LogP contribution in [0.1, 0.15) is 37.4 Å². The van der Waals surface area contributed by atoms with Crippen LogP contribution in [0.4, 0.5) is 0 Å². The fourth-order valence-corrected chi connectivity index (χ4v) is 2.95. The molecule has 0 aliphatic carbocycles. The SMILES string of the molecule is COc1ccc(C2=NN(C(=O)C(C)C)[C@@H](c3ccccc3O)C2)cc1. The first-order valence-electron chi connectivity index (χ1n) is 8.34. The van der Waals surface area contributed by atoms with Crippen LogP contribution in [-0.4, -0.2) is 28.8 Å². The van der Waals surface area contributed by atoms with Crippen LogP contribution in [0.15, 0.2) is 53.6 Å². The number of hydrogen-bond donors (Lipinski definition) is 1. The van der Waals surface area contributed by atoms with E-state index in [0.29, 0.717) is 12.0 Å². The molecule has 2 aromatic carbocycles.